The summed E-state index contributed by atoms with van der Waals surface area (Å²) < 4.78 is 0. The molecule has 2 aliphatic rings. The molecule has 1 aromatic heterocycles. The van der Waals surface area contributed by atoms with Gasteiger partial charge in [0, 0.05) is 36.9 Å². The number of thiophene rings is 1. The summed E-state index contributed by atoms with van der Waals surface area (Å²) in [5, 5.41) is 20.0. The number of amides is 5. The van der Waals surface area contributed by atoms with Gasteiger partial charge in [-0.25, -0.2) is 9.69 Å². The number of fused-ring (bicyclic) bond motifs is 1. The number of hydrogen-bond acceptors (Lipinski definition) is 8. The van der Waals surface area contributed by atoms with Gasteiger partial charge < -0.3 is 25.4 Å². The molecule has 4 rings (SSSR count). The summed E-state index contributed by atoms with van der Waals surface area (Å²) in [6.45, 7) is 10.3. The van der Waals surface area contributed by atoms with Crippen LogP contribution in [-0.2, 0) is 36.9 Å². The lowest BCUT2D eigenvalue weighted by molar-refractivity contribution is -0.134. The molecule has 1 fully saturated rings. The molecule has 0 spiro atoms. The van der Waals surface area contributed by atoms with E-state index in [1.807, 2.05) is 22.9 Å². The lowest BCUT2D eigenvalue weighted by atomic mass is 9.92. The maximum absolute atomic E-state index is 14.2. The quantitative estimate of drug-likeness (QED) is 0.231. The average molecular weight is 654 g/mol. The molecule has 0 aliphatic carbocycles. The number of carbonyl (C=O) groups excluding carboxylic acids is 5. The second-order valence-corrected chi connectivity index (χ2v) is 14.3. The first-order chi connectivity index (χ1) is 21.6. The number of hydrogen-bond donors (Lipinski definition) is 3. The zero-order chi connectivity index (χ0) is 34.0. The summed E-state index contributed by atoms with van der Waals surface area (Å²) in [5.74, 6) is -1.81. The van der Waals surface area contributed by atoms with Crippen molar-refractivity contribution in [1.82, 2.24) is 15.5 Å². The molecule has 46 heavy (non-hydrogen) atoms. The van der Waals surface area contributed by atoms with Crippen LogP contribution in [0.25, 0.3) is 0 Å². The van der Waals surface area contributed by atoms with E-state index in [1.165, 1.54) is 30.1 Å². The molecule has 0 saturated carbocycles. The molecule has 1 aromatic carbocycles. The Balaban J connectivity index is 1.62. The largest absolute Gasteiger partial charge is 0.465 e. The fourth-order valence-electron chi connectivity index (χ4n) is 6.38. The molecule has 5 amide bonds. The minimum atomic E-state index is -1.44. The second kappa shape index (κ2) is 13.7. The maximum Gasteiger partial charge on any atom is 0.408 e. The number of carbonyl (C=O) groups is 6. The highest BCUT2D eigenvalue weighted by atomic mass is 32.1. The van der Waals surface area contributed by atoms with E-state index in [1.54, 1.807) is 44.7 Å². The van der Waals surface area contributed by atoms with Crippen LogP contribution in [0, 0.1) is 5.92 Å². The summed E-state index contributed by atoms with van der Waals surface area (Å²) in [4.78, 5) is 80.8. The van der Waals surface area contributed by atoms with Crippen LogP contribution >= 0.6 is 11.3 Å². The van der Waals surface area contributed by atoms with Crippen molar-refractivity contribution in [2.45, 2.75) is 96.9 Å². The van der Waals surface area contributed by atoms with Crippen LogP contribution in [0.4, 0.5) is 16.2 Å². The Bertz CT molecular complexity index is 1480. The first-order valence-electron chi connectivity index (χ1n) is 15.4. The summed E-state index contributed by atoms with van der Waals surface area (Å²) in [6.07, 6.45) is 0.321. The van der Waals surface area contributed by atoms with Crippen LogP contribution in [0.5, 0.6) is 0 Å². The number of anilines is 2. The Kier molecular flexibility index (Phi) is 10.4. The molecule has 3 heterocycles. The molecule has 0 bridgehead atoms. The third-order valence-electron chi connectivity index (χ3n) is 8.38. The number of imide groups is 1. The summed E-state index contributed by atoms with van der Waals surface area (Å²) in [7, 11) is 0. The Morgan fingerprint density at radius 2 is 1.78 bits per heavy atom. The molecule has 2 unspecified atom stereocenters. The molecule has 2 aliphatic heterocycles. The van der Waals surface area contributed by atoms with E-state index in [2.05, 4.69) is 10.6 Å². The molecule has 3 atom stereocenters. The van der Waals surface area contributed by atoms with Gasteiger partial charge in [-0.2, -0.15) is 11.3 Å². The number of carboxylic acid groups (broad SMARTS) is 1. The number of nitrogens with zero attached hydrogens (tertiary/aromatic N) is 3. The Morgan fingerprint density at radius 1 is 1.11 bits per heavy atom. The molecule has 0 radical (unpaired) electrons. The monoisotopic (exact) mass is 653 g/mol. The molecular weight excluding hydrogens is 610 g/mol. The smallest absolute Gasteiger partial charge is 0.408 e. The van der Waals surface area contributed by atoms with E-state index >= 15 is 0 Å². The summed E-state index contributed by atoms with van der Waals surface area (Å²) in [6, 6.07) is 5.92. The van der Waals surface area contributed by atoms with Crippen LogP contribution in [0.15, 0.2) is 35.0 Å². The Morgan fingerprint density at radius 3 is 2.35 bits per heavy atom. The van der Waals surface area contributed by atoms with Gasteiger partial charge in [-0.3, -0.25) is 24.1 Å². The van der Waals surface area contributed by atoms with Crippen molar-refractivity contribution in [2.75, 3.05) is 16.3 Å². The zero-order valence-corrected chi connectivity index (χ0v) is 28.0. The highest BCUT2D eigenvalue weighted by Gasteiger charge is 2.45. The Hall–Kier alpha value is -4.10. The SMILES string of the molecule is CC(C=O)C[C@H](CNC1Cc2cccc(N3C(=O)CCC3=O)c2N(Cc2ccsc2)C1=O)NC(=O)C(C)(C)N(C(=O)O)C(C)(C)C. The molecule has 3 N–H and O–H groups in total. The van der Waals surface area contributed by atoms with Gasteiger partial charge in [0.2, 0.25) is 23.6 Å². The minimum Gasteiger partial charge on any atom is -0.465 e. The van der Waals surface area contributed by atoms with Crippen LogP contribution in [0.1, 0.15) is 71.9 Å². The molecule has 13 heteroatoms. The van der Waals surface area contributed by atoms with Gasteiger partial charge in [0.15, 0.2) is 0 Å². The van der Waals surface area contributed by atoms with E-state index < -0.39 is 41.1 Å². The van der Waals surface area contributed by atoms with Gasteiger partial charge >= 0.3 is 6.09 Å². The van der Waals surface area contributed by atoms with Crippen LogP contribution in [0.2, 0.25) is 0 Å². The Labute approximate surface area is 273 Å². The van der Waals surface area contributed by atoms with E-state index in [-0.39, 0.29) is 56.5 Å². The third-order valence-corrected chi connectivity index (χ3v) is 9.11. The van der Waals surface area contributed by atoms with Crippen molar-refractivity contribution in [3.63, 3.8) is 0 Å². The van der Waals surface area contributed by atoms with E-state index in [9.17, 15) is 33.9 Å². The first-order valence-corrected chi connectivity index (χ1v) is 16.3. The average Bonchev–Trinajstić information content (AvgIpc) is 3.60. The normalized spacial score (nSPS) is 18.3. The van der Waals surface area contributed by atoms with Crippen molar-refractivity contribution >= 4 is 58.7 Å². The molecule has 2 aromatic rings. The molecule has 1 saturated heterocycles. The fourth-order valence-corrected chi connectivity index (χ4v) is 7.04. The number of aldehydes is 1. The number of rotatable bonds is 12. The lowest BCUT2D eigenvalue weighted by Gasteiger charge is -2.44. The highest BCUT2D eigenvalue weighted by Crippen LogP contribution is 2.40. The molecular formula is C33H43N5O7S. The van der Waals surface area contributed by atoms with E-state index in [0.29, 0.717) is 11.4 Å². The first kappa shape index (κ1) is 34.8. The van der Waals surface area contributed by atoms with Gasteiger partial charge in [-0.05, 0) is 81.5 Å². The minimum absolute atomic E-state index is 0.119. The predicted octanol–water partition coefficient (Wildman–Crippen LogP) is 3.72. The third kappa shape index (κ3) is 7.31. The van der Waals surface area contributed by atoms with Gasteiger partial charge in [-0.1, -0.05) is 19.1 Å². The van der Waals surface area contributed by atoms with Gasteiger partial charge in [0.05, 0.1) is 24.0 Å². The maximum atomic E-state index is 14.2. The van der Waals surface area contributed by atoms with E-state index in [4.69, 9.17) is 0 Å². The van der Waals surface area contributed by atoms with Crippen LogP contribution in [0.3, 0.4) is 0 Å². The number of nitrogens with one attached hydrogen (secondary N) is 2. The molecule has 12 nitrogen and oxygen atoms in total. The van der Waals surface area contributed by atoms with Crippen LogP contribution < -0.4 is 20.4 Å². The van der Waals surface area contributed by atoms with Crippen molar-refractivity contribution in [1.29, 1.82) is 0 Å². The highest BCUT2D eigenvalue weighted by molar-refractivity contribution is 7.07. The number of para-hydroxylation sites is 1. The van der Waals surface area contributed by atoms with Gasteiger partial charge in [0.1, 0.15) is 11.8 Å². The molecule has 248 valence electrons. The zero-order valence-electron chi connectivity index (χ0n) is 27.2. The second-order valence-electron chi connectivity index (χ2n) is 13.5. The van der Waals surface area contributed by atoms with E-state index in [0.717, 1.165) is 22.3 Å². The van der Waals surface area contributed by atoms with Gasteiger partial charge in [0.25, 0.3) is 0 Å². The summed E-state index contributed by atoms with van der Waals surface area (Å²) in [5.41, 5.74) is 0.284. The fraction of sp³-hybridized carbons (Fsp3) is 0.515. The van der Waals surface area contributed by atoms with Gasteiger partial charge in [-0.15, -0.1) is 0 Å². The standard InChI is InChI=1S/C33H43N5O7S/c1-20(18-39)14-23(35-30(43)33(5,6)38(31(44)45)32(2,3)4)16-34-24-15-22-8-7-9-25(37-26(40)10-11-27(37)41)28(22)36(29(24)42)17-21-12-13-46-19-21/h7-9,12-13,18-20,23-24,34H,10-11,14-17H2,1-6H3,(H,35,43)(H,44,45)/t20?,23-,24?/m1/s1. The van der Waals surface area contributed by atoms with Crippen molar-refractivity contribution in [3.8, 4) is 0 Å². The van der Waals surface area contributed by atoms with Crippen molar-refractivity contribution < 1.29 is 33.9 Å². The van der Waals surface area contributed by atoms with Crippen LogP contribution in [-0.4, -0.2) is 75.7 Å². The number of benzene rings is 1. The van der Waals surface area contributed by atoms with Crippen molar-refractivity contribution in [3.05, 3.63) is 46.2 Å². The lowest BCUT2D eigenvalue weighted by Crippen LogP contribution is -2.64. The summed E-state index contributed by atoms with van der Waals surface area (Å²) >= 11 is 1.50. The predicted molar refractivity (Wildman–Crippen MR) is 175 cm³/mol. The van der Waals surface area contributed by atoms with Crippen molar-refractivity contribution in [2.24, 2.45) is 5.92 Å². The topological polar surface area (TPSA) is 156 Å².